The topological polar surface area (TPSA) is 78.3 Å². The highest BCUT2D eigenvalue weighted by Gasteiger charge is 2.19. The molecule has 1 amide bonds. The molecule has 1 atom stereocenters. The number of ether oxygens (including phenoxy) is 2. The van der Waals surface area contributed by atoms with Gasteiger partial charge in [-0.2, -0.15) is 0 Å². The van der Waals surface area contributed by atoms with Gasteiger partial charge in [-0.3, -0.25) is 9.36 Å². The summed E-state index contributed by atoms with van der Waals surface area (Å²) >= 11 is 1.32. The number of anilines is 1. The Morgan fingerprint density at radius 2 is 1.90 bits per heavy atom. The van der Waals surface area contributed by atoms with Gasteiger partial charge in [-0.15, -0.1) is 16.8 Å². The van der Waals surface area contributed by atoms with Gasteiger partial charge in [-0.05, 0) is 50.2 Å². The highest BCUT2D eigenvalue weighted by molar-refractivity contribution is 7.99. The molecule has 1 N–H and O–H groups in total. The molecule has 3 aromatic rings. The number of amides is 1. The van der Waals surface area contributed by atoms with Crippen molar-refractivity contribution in [1.82, 2.24) is 14.8 Å². The number of aromatic nitrogens is 3. The third-order valence-electron chi connectivity index (χ3n) is 4.26. The van der Waals surface area contributed by atoms with E-state index in [1.165, 1.54) is 11.8 Å². The average molecular weight is 439 g/mol. The van der Waals surface area contributed by atoms with Gasteiger partial charge in [0.15, 0.2) is 17.1 Å². The first-order chi connectivity index (χ1) is 15.1. The molecule has 0 bridgehead atoms. The molecular weight excluding hydrogens is 412 g/mol. The molecule has 162 valence electrons. The van der Waals surface area contributed by atoms with E-state index in [1.54, 1.807) is 6.08 Å². The van der Waals surface area contributed by atoms with Crippen LogP contribution < -0.4 is 14.8 Å². The number of nitrogens with zero attached hydrogens (tertiary/aromatic N) is 3. The Balaban J connectivity index is 1.61. The van der Waals surface area contributed by atoms with Crippen molar-refractivity contribution in [3.63, 3.8) is 0 Å². The number of carbonyl (C=O) groups is 1. The zero-order valence-corrected chi connectivity index (χ0v) is 18.5. The second kappa shape index (κ2) is 11.2. The van der Waals surface area contributed by atoms with E-state index in [0.29, 0.717) is 29.8 Å². The standard InChI is InChI=1S/C23H26N4O3S/c1-4-15-27-22(17(3)30-20-9-7-6-8-10-20)25-26-23(27)31-16-21(28)24-18-11-13-19(14-12-18)29-5-2/h4,6-14,17H,1,5,15-16H2,2-3H3,(H,24,28). The fourth-order valence-corrected chi connectivity index (χ4v) is 3.65. The Hall–Kier alpha value is -3.26. The Morgan fingerprint density at radius 3 is 2.58 bits per heavy atom. The fourth-order valence-electron chi connectivity index (χ4n) is 2.89. The third kappa shape index (κ3) is 6.36. The molecule has 0 aliphatic carbocycles. The predicted octanol–water partition coefficient (Wildman–Crippen LogP) is 4.73. The molecule has 0 spiro atoms. The van der Waals surface area contributed by atoms with Gasteiger partial charge < -0.3 is 14.8 Å². The summed E-state index contributed by atoms with van der Waals surface area (Å²) in [5.74, 6) is 2.28. The number of para-hydroxylation sites is 1. The summed E-state index contributed by atoms with van der Waals surface area (Å²) in [6.07, 6.45) is 1.47. The maximum Gasteiger partial charge on any atom is 0.234 e. The van der Waals surface area contributed by atoms with E-state index in [1.807, 2.05) is 73.0 Å². The van der Waals surface area contributed by atoms with E-state index in [9.17, 15) is 4.79 Å². The van der Waals surface area contributed by atoms with E-state index in [-0.39, 0.29) is 17.8 Å². The quantitative estimate of drug-likeness (QED) is 0.344. The fraction of sp³-hybridized carbons (Fsp3) is 0.261. The molecule has 0 aliphatic rings. The molecule has 3 rings (SSSR count). The van der Waals surface area contributed by atoms with Crippen molar-refractivity contribution in [3.8, 4) is 11.5 Å². The monoisotopic (exact) mass is 438 g/mol. The van der Waals surface area contributed by atoms with Crippen LogP contribution in [0.2, 0.25) is 0 Å². The Kier molecular flexibility index (Phi) is 8.12. The number of carbonyl (C=O) groups excluding carboxylic acids is 1. The molecule has 0 saturated heterocycles. The Bertz CT molecular complexity index is 990. The maximum atomic E-state index is 12.4. The minimum Gasteiger partial charge on any atom is -0.494 e. The van der Waals surface area contributed by atoms with Crippen LogP contribution in [0.1, 0.15) is 25.8 Å². The molecule has 0 saturated carbocycles. The minimum atomic E-state index is -0.304. The van der Waals surface area contributed by atoms with Crippen LogP contribution in [0, 0.1) is 0 Å². The number of allylic oxidation sites excluding steroid dienone is 1. The number of hydrogen-bond donors (Lipinski definition) is 1. The van der Waals surface area contributed by atoms with Gasteiger partial charge in [0.1, 0.15) is 11.5 Å². The zero-order valence-electron chi connectivity index (χ0n) is 17.7. The highest BCUT2D eigenvalue weighted by Crippen LogP contribution is 2.25. The van der Waals surface area contributed by atoms with Crippen LogP contribution in [0.5, 0.6) is 11.5 Å². The van der Waals surface area contributed by atoms with Crippen molar-refractivity contribution in [3.05, 3.63) is 73.1 Å². The summed E-state index contributed by atoms with van der Waals surface area (Å²) in [4.78, 5) is 12.4. The van der Waals surface area contributed by atoms with Gasteiger partial charge in [0.25, 0.3) is 0 Å². The maximum absolute atomic E-state index is 12.4. The van der Waals surface area contributed by atoms with Crippen molar-refractivity contribution >= 4 is 23.4 Å². The lowest BCUT2D eigenvalue weighted by atomic mass is 10.3. The van der Waals surface area contributed by atoms with Gasteiger partial charge >= 0.3 is 0 Å². The lowest BCUT2D eigenvalue weighted by Gasteiger charge is -2.15. The molecule has 0 aliphatic heterocycles. The van der Waals surface area contributed by atoms with Crippen LogP contribution in [0.25, 0.3) is 0 Å². The van der Waals surface area contributed by atoms with Gasteiger partial charge in [-0.1, -0.05) is 36.0 Å². The molecule has 31 heavy (non-hydrogen) atoms. The number of hydrogen-bond acceptors (Lipinski definition) is 6. The molecule has 0 radical (unpaired) electrons. The number of nitrogens with one attached hydrogen (secondary N) is 1. The van der Waals surface area contributed by atoms with E-state index in [0.717, 1.165) is 11.5 Å². The van der Waals surface area contributed by atoms with Gasteiger partial charge in [0.2, 0.25) is 5.91 Å². The summed E-state index contributed by atoms with van der Waals surface area (Å²) in [6, 6.07) is 16.8. The van der Waals surface area contributed by atoms with Crippen molar-refractivity contribution in [2.45, 2.75) is 31.7 Å². The van der Waals surface area contributed by atoms with Crippen LogP contribution >= 0.6 is 11.8 Å². The van der Waals surface area contributed by atoms with Crippen LogP contribution in [-0.4, -0.2) is 33.0 Å². The molecule has 8 heteroatoms. The van der Waals surface area contributed by atoms with Gasteiger partial charge in [0, 0.05) is 12.2 Å². The van der Waals surface area contributed by atoms with Crippen LogP contribution in [0.15, 0.2) is 72.4 Å². The predicted molar refractivity (Wildman–Crippen MR) is 123 cm³/mol. The lowest BCUT2D eigenvalue weighted by molar-refractivity contribution is -0.113. The van der Waals surface area contributed by atoms with Gasteiger partial charge in [-0.25, -0.2) is 0 Å². The third-order valence-corrected chi connectivity index (χ3v) is 5.23. The average Bonchev–Trinajstić information content (AvgIpc) is 3.17. The highest BCUT2D eigenvalue weighted by atomic mass is 32.2. The first-order valence-corrected chi connectivity index (χ1v) is 11.0. The second-order valence-electron chi connectivity index (χ2n) is 6.61. The van der Waals surface area contributed by atoms with Crippen molar-refractivity contribution in [2.75, 3.05) is 17.7 Å². The first kappa shape index (κ1) is 22.4. The summed E-state index contributed by atoms with van der Waals surface area (Å²) in [5.41, 5.74) is 0.715. The number of benzene rings is 2. The molecule has 7 nitrogen and oxygen atoms in total. The Labute approximate surface area is 186 Å². The normalized spacial score (nSPS) is 11.5. The summed E-state index contributed by atoms with van der Waals surface area (Å²) < 4.78 is 13.3. The molecule has 2 aromatic carbocycles. The van der Waals surface area contributed by atoms with Crippen molar-refractivity contribution in [2.24, 2.45) is 0 Å². The first-order valence-electron chi connectivity index (χ1n) is 10.0. The molecular formula is C23H26N4O3S. The van der Waals surface area contributed by atoms with E-state index >= 15 is 0 Å². The summed E-state index contributed by atoms with van der Waals surface area (Å²) in [7, 11) is 0. The molecule has 1 unspecified atom stereocenters. The van der Waals surface area contributed by atoms with E-state index < -0.39 is 0 Å². The molecule has 1 aromatic heterocycles. The van der Waals surface area contributed by atoms with E-state index in [4.69, 9.17) is 9.47 Å². The van der Waals surface area contributed by atoms with Crippen molar-refractivity contribution < 1.29 is 14.3 Å². The van der Waals surface area contributed by atoms with Crippen LogP contribution in [0.4, 0.5) is 5.69 Å². The van der Waals surface area contributed by atoms with Crippen LogP contribution in [0.3, 0.4) is 0 Å². The molecule has 0 fully saturated rings. The Morgan fingerprint density at radius 1 is 1.16 bits per heavy atom. The number of thioether (sulfide) groups is 1. The molecule has 1 heterocycles. The summed E-state index contributed by atoms with van der Waals surface area (Å²) in [6.45, 7) is 8.79. The number of rotatable bonds is 11. The van der Waals surface area contributed by atoms with Crippen LogP contribution in [-0.2, 0) is 11.3 Å². The smallest absolute Gasteiger partial charge is 0.234 e. The zero-order chi connectivity index (χ0) is 22.1. The second-order valence-corrected chi connectivity index (χ2v) is 7.55. The lowest BCUT2D eigenvalue weighted by Crippen LogP contribution is -2.15. The summed E-state index contributed by atoms with van der Waals surface area (Å²) in [5, 5.41) is 12.1. The largest absolute Gasteiger partial charge is 0.494 e. The van der Waals surface area contributed by atoms with E-state index in [2.05, 4.69) is 22.1 Å². The SMILES string of the molecule is C=CCn1c(SCC(=O)Nc2ccc(OCC)cc2)nnc1C(C)Oc1ccccc1. The minimum absolute atomic E-state index is 0.127. The van der Waals surface area contributed by atoms with Crippen molar-refractivity contribution in [1.29, 1.82) is 0 Å². The van der Waals surface area contributed by atoms with Gasteiger partial charge in [0.05, 0.1) is 12.4 Å².